The largest absolute Gasteiger partial charge is 0.545 e. The Labute approximate surface area is 129 Å². The number of aliphatic carboxylic acids is 1. The van der Waals surface area contributed by atoms with Gasteiger partial charge in [-0.25, -0.2) is 9.78 Å². The van der Waals surface area contributed by atoms with Crippen LogP contribution in [0.25, 0.3) is 6.08 Å². The van der Waals surface area contributed by atoms with Crippen molar-refractivity contribution in [3.05, 3.63) is 29.5 Å². The number of aromatic nitrogens is 1. The van der Waals surface area contributed by atoms with E-state index in [4.69, 9.17) is 4.74 Å². The van der Waals surface area contributed by atoms with E-state index in [-0.39, 0.29) is 0 Å². The van der Waals surface area contributed by atoms with Crippen LogP contribution in [0.1, 0.15) is 38.3 Å². The summed E-state index contributed by atoms with van der Waals surface area (Å²) in [7, 11) is 0. The molecule has 0 spiro atoms. The first-order chi connectivity index (χ1) is 10.3. The maximum absolute atomic E-state index is 12.2. The molecule has 118 valence electrons. The van der Waals surface area contributed by atoms with Gasteiger partial charge in [-0.15, -0.1) is 0 Å². The van der Waals surface area contributed by atoms with E-state index in [1.54, 1.807) is 0 Å². The lowest BCUT2D eigenvalue weighted by molar-refractivity contribution is -0.297. The van der Waals surface area contributed by atoms with Crippen LogP contribution in [0.3, 0.4) is 0 Å². The molecule has 1 aliphatic rings. The number of carboxylic acids is 1. The zero-order valence-corrected chi connectivity index (χ0v) is 13.0. The molecular weight excluding hydrogens is 284 g/mol. The predicted molar refractivity (Wildman–Crippen MR) is 80.2 cm³/mol. The van der Waals surface area contributed by atoms with Crippen molar-refractivity contribution >= 4 is 24.0 Å². The minimum atomic E-state index is -1.26. The Morgan fingerprint density at radius 1 is 1.41 bits per heavy atom. The van der Waals surface area contributed by atoms with Gasteiger partial charge in [-0.05, 0) is 56.9 Å². The van der Waals surface area contributed by atoms with Crippen molar-refractivity contribution < 1.29 is 19.4 Å². The molecule has 6 nitrogen and oxygen atoms in total. The number of pyridine rings is 1. The van der Waals surface area contributed by atoms with E-state index < -0.39 is 17.7 Å². The van der Waals surface area contributed by atoms with E-state index in [0.717, 1.165) is 24.5 Å². The normalized spacial score (nSPS) is 14.8. The minimum absolute atomic E-state index is 0.418. The summed E-state index contributed by atoms with van der Waals surface area (Å²) in [5, 5.41) is 10.4. The number of nitrogens with zero attached hydrogens (tertiary/aromatic N) is 2. The molecule has 0 bridgehead atoms. The first-order valence-corrected chi connectivity index (χ1v) is 7.15. The lowest BCUT2D eigenvalue weighted by atomic mass is 10.0. The maximum atomic E-state index is 12.2. The average Bonchev–Trinajstić information content (AvgIpc) is 2.42. The smallest absolute Gasteiger partial charge is 0.416 e. The fourth-order valence-corrected chi connectivity index (χ4v) is 2.23. The van der Waals surface area contributed by atoms with Crippen molar-refractivity contribution in [1.29, 1.82) is 0 Å². The van der Waals surface area contributed by atoms with Gasteiger partial charge in [0.25, 0.3) is 0 Å². The van der Waals surface area contributed by atoms with Gasteiger partial charge in [0.2, 0.25) is 0 Å². The van der Waals surface area contributed by atoms with Crippen molar-refractivity contribution in [2.24, 2.45) is 0 Å². The monoisotopic (exact) mass is 303 g/mol. The fraction of sp³-hybridized carbons (Fsp3) is 0.438. The fourth-order valence-electron chi connectivity index (χ4n) is 2.23. The van der Waals surface area contributed by atoms with Crippen LogP contribution in [0, 0.1) is 0 Å². The van der Waals surface area contributed by atoms with Gasteiger partial charge in [0, 0.05) is 12.7 Å². The number of hydrogen-bond donors (Lipinski definition) is 0. The number of amides is 1. The number of hydrogen-bond acceptors (Lipinski definition) is 5. The molecule has 0 radical (unpaired) electrons. The Morgan fingerprint density at radius 2 is 2.14 bits per heavy atom. The van der Waals surface area contributed by atoms with Crippen LogP contribution in [-0.4, -0.2) is 29.2 Å². The summed E-state index contributed by atoms with van der Waals surface area (Å²) < 4.78 is 5.39. The molecule has 1 aliphatic heterocycles. The molecule has 1 aromatic heterocycles. The molecule has 6 heteroatoms. The Bertz CT molecular complexity index is 617. The lowest BCUT2D eigenvalue weighted by Gasteiger charge is -2.30. The lowest BCUT2D eigenvalue weighted by Crippen LogP contribution is -2.40. The SMILES string of the molecule is CC(C)(C)OC(=O)N1CCCc2cc(/C=C/C(=O)[O-])cnc21. The highest BCUT2D eigenvalue weighted by molar-refractivity contribution is 5.88. The highest BCUT2D eigenvalue weighted by Gasteiger charge is 2.28. The van der Waals surface area contributed by atoms with E-state index in [1.807, 2.05) is 26.8 Å². The summed E-state index contributed by atoms with van der Waals surface area (Å²) in [5.74, 6) is -0.681. The number of ether oxygens (including phenoxy) is 1. The summed E-state index contributed by atoms with van der Waals surface area (Å²) in [6.45, 7) is 6.01. The second-order valence-electron chi connectivity index (χ2n) is 6.14. The van der Waals surface area contributed by atoms with Gasteiger partial charge in [-0.2, -0.15) is 0 Å². The van der Waals surface area contributed by atoms with Crippen molar-refractivity contribution in [2.75, 3.05) is 11.4 Å². The number of anilines is 1. The quantitative estimate of drug-likeness (QED) is 0.774. The predicted octanol–water partition coefficient (Wildman–Crippen LogP) is 1.53. The van der Waals surface area contributed by atoms with E-state index in [2.05, 4.69) is 4.98 Å². The highest BCUT2D eigenvalue weighted by atomic mass is 16.6. The van der Waals surface area contributed by atoms with Gasteiger partial charge in [-0.1, -0.05) is 6.08 Å². The van der Waals surface area contributed by atoms with Gasteiger partial charge in [0.15, 0.2) is 0 Å². The van der Waals surface area contributed by atoms with Gasteiger partial charge in [0.05, 0.1) is 5.97 Å². The molecule has 0 unspecified atom stereocenters. The number of rotatable bonds is 2. The van der Waals surface area contributed by atoms with Gasteiger partial charge >= 0.3 is 6.09 Å². The third kappa shape index (κ3) is 4.07. The minimum Gasteiger partial charge on any atom is -0.545 e. The molecule has 0 atom stereocenters. The van der Waals surface area contributed by atoms with Crippen LogP contribution in [0.5, 0.6) is 0 Å². The Kier molecular flexibility index (Phi) is 4.49. The summed E-state index contributed by atoms with van der Waals surface area (Å²) >= 11 is 0. The van der Waals surface area contributed by atoms with Crippen LogP contribution in [0.2, 0.25) is 0 Å². The molecular formula is C16H19N2O4-. The molecule has 0 saturated carbocycles. The zero-order chi connectivity index (χ0) is 16.3. The van der Waals surface area contributed by atoms with Crippen molar-refractivity contribution in [1.82, 2.24) is 4.98 Å². The molecule has 0 N–H and O–H groups in total. The number of aryl methyl sites for hydroxylation is 1. The molecule has 0 aromatic carbocycles. The summed E-state index contributed by atoms with van der Waals surface area (Å²) in [5.41, 5.74) is 0.998. The second-order valence-corrected chi connectivity index (χ2v) is 6.14. The van der Waals surface area contributed by atoms with E-state index in [0.29, 0.717) is 17.9 Å². The van der Waals surface area contributed by atoms with Gasteiger partial charge < -0.3 is 14.6 Å². The van der Waals surface area contributed by atoms with E-state index >= 15 is 0 Å². The van der Waals surface area contributed by atoms with Crippen LogP contribution < -0.4 is 10.0 Å². The van der Waals surface area contributed by atoms with Gasteiger partial charge in [-0.3, -0.25) is 4.90 Å². The third-order valence-corrected chi connectivity index (χ3v) is 3.07. The summed E-state index contributed by atoms with van der Waals surface area (Å²) in [6.07, 6.45) is 5.09. The summed E-state index contributed by atoms with van der Waals surface area (Å²) in [4.78, 5) is 28.5. The van der Waals surface area contributed by atoms with E-state index in [1.165, 1.54) is 17.2 Å². The van der Waals surface area contributed by atoms with E-state index in [9.17, 15) is 14.7 Å². The molecule has 1 aromatic rings. The first kappa shape index (κ1) is 16.0. The Morgan fingerprint density at radius 3 is 2.77 bits per heavy atom. The zero-order valence-electron chi connectivity index (χ0n) is 13.0. The van der Waals surface area contributed by atoms with Crippen molar-refractivity contribution in [3.8, 4) is 0 Å². The Hall–Kier alpha value is -2.37. The molecule has 22 heavy (non-hydrogen) atoms. The van der Waals surface area contributed by atoms with Crippen molar-refractivity contribution in [3.63, 3.8) is 0 Å². The molecule has 1 amide bonds. The number of carbonyl (C=O) groups excluding carboxylic acids is 2. The molecule has 0 saturated heterocycles. The average molecular weight is 303 g/mol. The van der Waals surface area contributed by atoms with Gasteiger partial charge in [0.1, 0.15) is 11.4 Å². The standard InChI is InChI=1S/C16H20N2O4/c1-16(2,3)22-15(21)18-8-4-5-12-9-11(6-7-13(19)20)10-17-14(12)18/h6-7,9-10H,4-5,8H2,1-3H3,(H,19,20)/p-1/b7-6+. The first-order valence-electron chi connectivity index (χ1n) is 7.15. The van der Waals surface area contributed by atoms with Crippen LogP contribution in [0.4, 0.5) is 10.6 Å². The number of fused-ring (bicyclic) bond motifs is 1. The highest BCUT2D eigenvalue weighted by Crippen LogP contribution is 2.27. The van der Waals surface area contributed by atoms with Crippen LogP contribution >= 0.6 is 0 Å². The number of carboxylic acid groups (broad SMARTS) is 1. The topological polar surface area (TPSA) is 82.6 Å². The third-order valence-electron chi connectivity index (χ3n) is 3.07. The Balaban J connectivity index is 2.24. The van der Waals surface area contributed by atoms with Crippen LogP contribution in [0.15, 0.2) is 18.3 Å². The summed E-state index contributed by atoms with van der Waals surface area (Å²) in [6, 6.07) is 1.83. The molecule has 2 rings (SSSR count). The van der Waals surface area contributed by atoms with Crippen molar-refractivity contribution in [2.45, 2.75) is 39.2 Å². The number of carbonyl (C=O) groups is 2. The molecule has 2 heterocycles. The van der Waals surface area contributed by atoms with Crippen LogP contribution in [-0.2, 0) is 16.0 Å². The molecule has 0 fully saturated rings. The maximum Gasteiger partial charge on any atom is 0.416 e. The second kappa shape index (κ2) is 6.17. The molecule has 0 aliphatic carbocycles.